The van der Waals surface area contributed by atoms with E-state index in [-0.39, 0.29) is 12.3 Å². The summed E-state index contributed by atoms with van der Waals surface area (Å²) in [6.07, 6.45) is 1.23. The van der Waals surface area contributed by atoms with E-state index in [1.807, 2.05) is 0 Å². The fourth-order valence-corrected chi connectivity index (χ4v) is 2.91. The zero-order valence-electron chi connectivity index (χ0n) is 14.6. The smallest absolute Gasteiger partial charge is 0.254 e. The summed E-state index contributed by atoms with van der Waals surface area (Å²) in [6, 6.07) is 12.7. The topological polar surface area (TPSA) is 129 Å². The summed E-state index contributed by atoms with van der Waals surface area (Å²) in [5, 5.41) is 14.5. The van der Waals surface area contributed by atoms with Crippen LogP contribution in [0.25, 0.3) is 11.4 Å². The standard InChI is InChI=1S/C19H16N6O3/c26-16(22-12-7-5-11(6-8-12)17-20-10-21-25-17)9-15-19(28)23-14-4-2-1-3-13(14)18(27)24-15/h1-8,10,15H,9H2,(H,22,26)(H,23,28)(H,24,27)(H,20,21,25)/t15-/m1/s1. The molecule has 140 valence electrons. The molecule has 9 nitrogen and oxygen atoms in total. The number of nitrogens with one attached hydrogen (secondary N) is 4. The maximum absolute atomic E-state index is 12.4. The Kier molecular flexibility index (Phi) is 4.55. The van der Waals surface area contributed by atoms with Gasteiger partial charge < -0.3 is 16.0 Å². The molecule has 2 aromatic carbocycles. The van der Waals surface area contributed by atoms with Crippen LogP contribution in [0.1, 0.15) is 16.8 Å². The molecule has 28 heavy (non-hydrogen) atoms. The normalized spacial score (nSPS) is 15.8. The van der Waals surface area contributed by atoms with E-state index < -0.39 is 17.9 Å². The Balaban J connectivity index is 1.41. The molecule has 0 aliphatic carbocycles. The molecule has 1 aliphatic rings. The third-order valence-electron chi connectivity index (χ3n) is 4.30. The first kappa shape index (κ1) is 17.4. The minimum absolute atomic E-state index is 0.185. The van der Waals surface area contributed by atoms with Gasteiger partial charge in [0.1, 0.15) is 12.4 Å². The Morgan fingerprint density at radius 2 is 1.86 bits per heavy atom. The average Bonchev–Trinajstić information content (AvgIpc) is 3.19. The molecular formula is C19H16N6O3. The monoisotopic (exact) mass is 376 g/mol. The van der Waals surface area contributed by atoms with Crippen molar-refractivity contribution >= 4 is 29.1 Å². The van der Waals surface area contributed by atoms with Crippen LogP contribution < -0.4 is 16.0 Å². The summed E-state index contributed by atoms with van der Waals surface area (Å²) in [6.45, 7) is 0. The van der Waals surface area contributed by atoms with Crippen molar-refractivity contribution < 1.29 is 14.4 Å². The van der Waals surface area contributed by atoms with Crippen LogP contribution in [0, 0.1) is 0 Å². The predicted molar refractivity (Wildman–Crippen MR) is 101 cm³/mol. The molecule has 4 rings (SSSR count). The number of rotatable bonds is 4. The van der Waals surface area contributed by atoms with Gasteiger partial charge in [0.25, 0.3) is 5.91 Å². The number of fused-ring (bicyclic) bond motifs is 1. The number of H-pyrrole nitrogens is 1. The van der Waals surface area contributed by atoms with Crippen LogP contribution in [-0.4, -0.2) is 38.9 Å². The van der Waals surface area contributed by atoms with Crippen molar-refractivity contribution in [3.05, 3.63) is 60.4 Å². The molecule has 1 aromatic heterocycles. The molecule has 1 aliphatic heterocycles. The van der Waals surface area contributed by atoms with Crippen LogP contribution in [0.5, 0.6) is 0 Å². The number of hydrogen-bond donors (Lipinski definition) is 4. The Bertz CT molecular complexity index is 1030. The first-order chi connectivity index (χ1) is 13.6. The molecule has 9 heteroatoms. The van der Waals surface area contributed by atoms with Gasteiger partial charge in [-0.05, 0) is 36.4 Å². The molecule has 0 saturated heterocycles. The quantitative estimate of drug-likeness (QED) is 0.549. The summed E-state index contributed by atoms with van der Waals surface area (Å²) in [7, 11) is 0. The van der Waals surface area contributed by atoms with E-state index in [4.69, 9.17) is 0 Å². The van der Waals surface area contributed by atoms with Gasteiger partial charge >= 0.3 is 0 Å². The summed E-state index contributed by atoms with van der Waals surface area (Å²) in [5.74, 6) is -0.605. The van der Waals surface area contributed by atoms with E-state index in [1.165, 1.54) is 6.33 Å². The van der Waals surface area contributed by atoms with E-state index >= 15 is 0 Å². The maximum atomic E-state index is 12.4. The number of anilines is 2. The van der Waals surface area contributed by atoms with Crippen LogP contribution >= 0.6 is 0 Å². The first-order valence-electron chi connectivity index (χ1n) is 8.56. The van der Waals surface area contributed by atoms with Crippen molar-refractivity contribution in [2.24, 2.45) is 0 Å². The second kappa shape index (κ2) is 7.31. The van der Waals surface area contributed by atoms with Gasteiger partial charge in [0.05, 0.1) is 17.7 Å². The lowest BCUT2D eigenvalue weighted by Crippen LogP contribution is -2.43. The molecule has 4 N–H and O–H groups in total. The largest absolute Gasteiger partial charge is 0.340 e. The molecule has 3 aromatic rings. The number of benzene rings is 2. The number of aromatic amines is 1. The lowest BCUT2D eigenvalue weighted by molar-refractivity contribution is -0.122. The van der Waals surface area contributed by atoms with Crippen LogP contribution in [0.15, 0.2) is 54.9 Å². The molecule has 0 bridgehead atoms. The number of amides is 3. The van der Waals surface area contributed by atoms with Gasteiger partial charge in [-0.2, -0.15) is 5.10 Å². The van der Waals surface area contributed by atoms with Crippen molar-refractivity contribution in [3.63, 3.8) is 0 Å². The Labute approximate surface area is 159 Å². The second-order valence-corrected chi connectivity index (χ2v) is 6.22. The van der Waals surface area contributed by atoms with Crippen molar-refractivity contribution in [3.8, 4) is 11.4 Å². The number of nitrogens with zero attached hydrogens (tertiary/aromatic N) is 2. The Hall–Kier alpha value is -4.01. The van der Waals surface area contributed by atoms with E-state index in [2.05, 4.69) is 31.1 Å². The van der Waals surface area contributed by atoms with Gasteiger partial charge in [0.2, 0.25) is 11.8 Å². The van der Waals surface area contributed by atoms with Crippen molar-refractivity contribution in [1.82, 2.24) is 20.5 Å². The number of aromatic nitrogens is 3. The lowest BCUT2D eigenvalue weighted by Gasteiger charge is -2.14. The molecule has 2 heterocycles. The SMILES string of the molecule is O=C(C[C@H]1NC(=O)c2ccccc2NC1=O)Nc1ccc(-c2ncn[nH]2)cc1. The summed E-state index contributed by atoms with van der Waals surface area (Å²) in [4.78, 5) is 41.1. The van der Waals surface area contributed by atoms with Crippen molar-refractivity contribution in [1.29, 1.82) is 0 Å². The van der Waals surface area contributed by atoms with Gasteiger partial charge in [-0.3, -0.25) is 19.5 Å². The highest BCUT2D eigenvalue weighted by atomic mass is 16.2. The molecule has 0 fully saturated rings. The Morgan fingerprint density at radius 3 is 2.61 bits per heavy atom. The molecular weight excluding hydrogens is 360 g/mol. The highest BCUT2D eigenvalue weighted by molar-refractivity contribution is 6.11. The fourth-order valence-electron chi connectivity index (χ4n) is 2.91. The van der Waals surface area contributed by atoms with E-state index in [0.29, 0.717) is 22.8 Å². The summed E-state index contributed by atoms with van der Waals surface area (Å²) in [5.41, 5.74) is 2.18. The third kappa shape index (κ3) is 3.58. The average molecular weight is 376 g/mol. The number of carbonyl (C=O) groups is 3. The third-order valence-corrected chi connectivity index (χ3v) is 4.30. The van der Waals surface area contributed by atoms with Crippen LogP contribution in [-0.2, 0) is 9.59 Å². The minimum atomic E-state index is -0.964. The van der Waals surface area contributed by atoms with Crippen LogP contribution in [0.2, 0.25) is 0 Å². The van der Waals surface area contributed by atoms with E-state index in [1.54, 1.807) is 48.5 Å². The predicted octanol–water partition coefficient (Wildman–Crippen LogP) is 1.55. The van der Waals surface area contributed by atoms with Gasteiger partial charge in [-0.15, -0.1) is 0 Å². The van der Waals surface area contributed by atoms with Crippen molar-refractivity contribution in [2.45, 2.75) is 12.5 Å². The van der Waals surface area contributed by atoms with Crippen LogP contribution in [0.3, 0.4) is 0 Å². The van der Waals surface area contributed by atoms with Gasteiger partial charge in [0.15, 0.2) is 5.82 Å². The molecule has 0 saturated carbocycles. The number of para-hydroxylation sites is 1. The first-order valence-corrected chi connectivity index (χ1v) is 8.56. The molecule has 0 radical (unpaired) electrons. The van der Waals surface area contributed by atoms with Gasteiger partial charge in [-0.1, -0.05) is 12.1 Å². The molecule has 0 spiro atoms. The Morgan fingerprint density at radius 1 is 1.07 bits per heavy atom. The fraction of sp³-hybridized carbons (Fsp3) is 0.105. The summed E-state index contributed by atoms with van der Waals surface area (Å²) < 4.78 is 0. The number of hydrogen-bond acceptors (Lipinski definition) is 5. The second-order valence-electron chi connectivity index (χ2n) is 6.22. The van der Waals surface area contributed by atoms with E-state index in [0.717, 1.165) is 5.56 Å². The van der Waals surface area contributed by atoms with Gasteiger partial charge in [0, 0.05) is 11.3 Å². The van der Waals surface area contributed by atoms with Crippen molar-refractivity contribution in [2.75, 3.05) is 10.6 Å². The zero-order valence-corrected chi connectivity index (χ0v) is 14.6. The molecule has 3 amide bonds. The number of carbonyl (C=O) groups excluding carboxylic acids is 3. The van der Waals surface area contributed by atoms with E-state index in [9.17, 15) is 14.4 Å². The maximum Gasteiger partial charge on any atom is 0.254 e. The molecule has 1 atom stereocenters. The highest BCUT2D eigenvalue weighted by Gasteiger charge is 2.29. The highest BCUT2D eigenvalue weighted by Crippen LogP contribution is 2.20. The minimum Gasteiger partial charge on any atom is -0.340 e. The zero-order chi connectivity index (χ0) is 19.5. The lowest BCUT2D eigenvalue weighted by atomic mass is 10.1. The molecule has 0 unspecified atom stereocenters. The van der Waals surface area contributed by atoms with Crippen LogP contribution in [0.4, 0.5) is 11.4 Å². The summed E-state index contributed by atoms with van der Waals surface area (Å²) >= 11 is 0. The van der Waals surface area contributed by atoms with Gasteiger partial charge in [-0.25, -0.2) is 4.98 Å².